The van der Waals surface area contributed by atoms with Gasteiger partial charge in [-0.05, 0) is 49.9 Å². The fraction of sp³-hybridized carbons (Fsp3) is 0.455. The van der Waals surface area contributed by atoms with E-state index in [0.717, 1.165) is 18.4 Å². The number of phenols is 1. The summed E-state index contributed by atoms with van der Waals surface area (Å²) in [5, 5.41) is 9.42. The third kappa shape index (κ3) is 2.70. The van der Waals surface area contributed by atoms with Crippen LogP contribution in [0.2, 0.25) is 0 Å². The third-order valence-electron chi connectivity index (χ3n) is 2.19. The number of halogens is 1. The highest BCUT2D eigenvalue weighted by atomic mass is 19.1. The summed E-state index contributed by atoms with van der Waals surface area (Å²) in [6.07, 6.45) is 2.46. The molecule has 0 fully saturated rings. The van der Waals surface area contributed by atoms with Gasteiger partial charge in [0.2, 0.25) is 0 Å². The first kappa shape index (κ1) is 11.0. The van der Waals surface area contributed by atoms with Crippen molar-refractivity contribution < 1.29 is 9.50 Å². The molecule has 0 aromatic heterocycles. The van der Waals surface area contributed by atoms with Gasteiger partial charge in [0, 0.05) is 0 Å². The van der Waals surface area contributed by atoms with Gasteiger partial charge in [0.25, 0.3) is 0 Å². The second kappa shape index (κ2) is 4.96. The lowest BCUT2D eigenvalue weighted by molar-refractivity contribution is 0.424. The molecule has 2 nitrogen and oxygen atoms in total. The maximum absolute atomic E-state index is 13.1. The van der Waals surface area contributed by atoms with E-state index in [4.69, 9.17) is 5.73 Å². The predicted octanol–water partition coefficient (Wildman–Crippen LogP) is 2.12. The zero-order chi connectivity index (χ0) is 10.6. The zero-order valence-electron chi connectivity index (χ0n) is 8.39. The van der Waals surface area contributed by atoms with Crippen LogP contribution in [0.25, 0.3) is 0 Å². The van der Waals surface area contributed by atoms with E-state index < -0.39 is 5.82 Å². The van der Waals surface area contributed by atoms with Gasteiger partial charge < -0.3 is 10.8 Å². The van der Waals surface area contributed by atoms with Gasteiger partial charge in [-0.15, -0.1) is 0 Å². The summed E-state index contributed by atoms with van der Waals surface area (Å²) in [5.41, 5.74) is 6.87. The number of phenolic OH excluding ortho intramolecular Hbond substituents is 1. The molecule has 78 valence electrons. The topological polar surface area (TPSA) is 46.2 Å². The molecule has 0 atom stereocenters. The van der Waals surface area contributed by atoms with Gasteiger partial charge in [-0.25, -0.2) is 4.39 Å². The summed E-state index contributed by atoms with van der Waals surface area (Å²) in [5.74, 6) is -0.750. The Balaban J connectivity index is 2.75. The normalized spacial score (nSPS) is 10.5. The quantitative estimate of drug-likeness (QED) is 0.726. The van der Waals surface area contributed by atoms with E-state index >= 15 is 0 Å². The van der Waals surface area contributed by atoms with E-state index in [9.17, 15) is 9.50 Å². The van der Waals surface area contributed by atoms with Crippen molar-refractivity contribution in [2.75, 3.05) is 6.54 Å². The summed E-state index contributed by atoms with van der Waals surface area (Å²) in [4.78, 5) is 0. The van der Waals surface area contributed by atoms with E-state index in [-0.39, 0.29) is 5.75 Å². The zero-order valence-corrected chi connectivity index (χ0v) is 8.39. The van der Waals surface area contributed by atoms with E-state index in [2.05, 4.69) is 0 Å². The Labute approximate surface area is 83.6 Å². The van der Waals surface area contributed by atoms with Crippen molar-refractivity contribution in [2.24, 2.45) is 5.73 Å². The molecule has 1 aromatic rings. The Morgan fingerprint density at radius 3 is 2.71 bits per heavy atom. The fourth-order valence-corrected chi connectivity index (χ4v) is 1.46. The molecule has 3 N–H and O–H groups in total. The van der Waals surface area contributed by atoms with Gasteiger partial charge in [-0.3, -0.25) is 0 Å². The highest BCUT2D eigenvalue weighted by Gasteiger charge is 2.07. The van der Waals surface area contributed by atoms with Crippen LogP contribution in [0.15, 0.2) is 12.1 Å². The molecule has 0 bridgehead atoms. The van der Waals surface area contributed by atoms with Crippen LogP contribution in [0.1, 0.15) is 24.0 Å². The van der Waals surface area contributed by atoms with Crippen LogP contribution in [0.3, 0.4) is 0 Å². The van der Waals surface area contributed by atoms with E-state index in [1.165, 1.54) is 6.07 Å². The monoisotopic (exact) mass is 197 g/mol. The molecule has 3 heteroatoms. The molecule has 14 heavy (non-hydrogen) atoms. The van der Waals surface area contributed by atoms with E-state index in [0.29, 0.717) is 18.5 Å². The van der Waals surface area contributed by atoms with E-state index in [1.54, 1.807) is 0 Å². The summed E-state index contributed by atoms with van der Waals surface area (Å²) in [6, 6.07) is 3.15. The van der Waals surface area contributed by atoms with Gasteiger partial charge in [0.1, 0.15) is 0 Å². The van der Waals surface area contributed by atoms with Gasteiger partial charge >= 0.3 is 0 Å². The fourth-order valence-electron chi connectivity index (χ4n) is 1.46. The minimum Gasteiger partial charge on any atom is -0.505 e. The largest absolute Gasteiger partial charge is 0.505 e. The summed E-state index contributed by atoms with van der Waals surface area (Å²) in [6.45, 7) is 2.45. The van der Waals surface area contributed by atoms with Crippen molar-refractivity contribution in [1.82, 2.24) is 0 Å². The van der Waals surface area contributed by atoms with Crippen molar-refractivity contribution in [3.8, 4) is 5.75 Å². The van der Waals surface area contributed by atoms with Crippen molar-refractivity contribution in [3.63, 3.8) is 0 Å². The van der Waals surface area contributed by atoms with Crippen LogP contribution in [0.4, 0.5) is 4.39 Å². The van der Waals surface area contributed by atoms with Crippen LogP contribution in [0.5, 0.6) is 5.75 Å². The number of aromatic hydroxyl groups is 1. The first-order chi connectivity index (χ1) is 6.65. The van der Waals surface area contributed by atoms with Crippen LogP contribution < -0.4 is 5.73 Å². The number of aryl methyl sites for hydroxylation is 2. The third-order valence-corrected chi connectivity index (χ3v) is 2.19. The maximum atomic E-state index is 13.1. The number of unbranched alkanes of at least 4 members (excludes halogenated alkanes) is 1. The SMILES string of the molecule is Cc1cc(F)c(O)c(CCCCN)c1. The number of rotatable bonds is 4. The molecule has 0 unspecified atom stereocenters. The molecular weight excluding hydrogens is 181 g/mol. The first-order valence-electron chi connectivity index (χ1n) is 4.83. The molecule has 0 heterocycles. The Morgan fingerprint density at radius 2 is 2.07 bits per heavy atom. The molecular formula is C11H16FNO. The van der Waals surface area contributed by atoms with Crippen LogP contribution in [-0.4, -0.2) is 11.7 Å². The molecule has 0 saturated carbocycles. The second-order valence-corrected chi connectivity index (χ2v) is 3.50. The number of nitrogens with two attached hydrogens (primary N) is 1. The minimum atomic E-state index is -0.534. The molecule has 0 aliphatic rings. The summed E-state index contributed by atoms with van der Waals surface area (Å²) in [7, 11) is 0. The maximum Gasteiger partial charge on any atom is 0.165 e. The average Bonchev–Trinajstić information content (AvgIpc) is 2.13. The number of hydrogen-bond acceptors (Lipinski definition) is 2. The van der Waals surface area contributed by atoms with Gasteiger partial charge in [-0.2, -0.15) is 0 Å². The van der Waals surface area contributed by atoms with Crippen molar-refractivity contribution >= 4 is 0 Å². The van der Waals surface area contributed by atoms with Crippen molar-refractivity contribution in [1.29, 1.82) is 0 Å². The van der Waals surface area contributed by atoms with Crippen LogP contribution >= 0.6 is 0 Å². The van der Waals surface area contributed by atoms with Gasteiger partial charge in [0.15, 0.2) is 11.6 Å². The predicted molar refractivity (Wildman–Crippen MR) is 54.8 cm³/mol. The Kier molecular flexibility index (Phi) is 3.89. The molecule has 0 aliphatic heterocycles. The van der Waals surface area contributed by atoms with Gasteiger partial charge in [-0.1, -0.05) is 6.07 Å². The molecule has 1 aromatic carbocycles. The second-order valence-electron chi connectivity index (χ2n) is 3.50. The number of benzene rings is 1. The average molecular weight is 197 g/mol. The highest BCUT2D eigenvalue weighted by molar-refractivity contribution is 5.37. The summed E-state index contributed by atoms with van der Waals surface area (Å²) < 4.78 is 13.1. The first-order valence-corrected chi connectivity index (χ1v) is 4.83. The molecule has 0 aliphatic carbocycles. The molecule has 0 spiro atoms. The highest BCUT2D eigenvalue weighted by Crippen LogP contribution is 2.24. The number of hydrogen-bond donors (Lipinski definition) is 2. The Morgan fingerprint density at radius 1 is 1.36 bits per heavy atom. The standard InChI is InChI=1S/C11H16FNO/c1-8-6-9(4-2-3-5-13)11(14)10(12)7-8/h6-7,14H,2-5,13H2,1H3. The Hall–Kier alpha value is -1.09. The van der Waals surface area contributed by atoms with Crippen LogP contribution in [0, 0.1) is 12.7 Å². The lowest BCUT2D eigenvalue weighted by Gasteiger charge is -2.06. The molecule has 1 rings (SSSR count). The van der Waals surface area contributed by atoms with Crippen molar-refractivity contribution in [3.05, 3.63) is 29.1 Å². The lowest BCUT2D eigenvalue weighted by Crippen LogP contribution is -1.99. The van der Waals surface area contributed by atoms with Crippen LogP contribution in [-0.2, 0) is 6.42 Å². The Bertz CT molecular complexity index is 312. The molecule has 0 saturated heterocycles. The van der Waals surface area contributed by atoms with Crippen molar-refractivity contribution in [2.45, 2.75) is 26.2 Å². The van der Waals surface area contributed by atoms with Gasteiger partial charge in [0.05, 0.1) is 0 Å². The minimum absolute atomic E-state index is 0.215. The molecule has 0 amide bonds. The molecule has 0 radical (unpaired) electrons. The smallest absolute Gasteiger partial charge is 0.165 e. The van der Waals surface area contributed by atoms with E-state index in [1.807, 2.05) is 13.0 Å². The summed E-state index contributed by atoms with van der Waals surface area (Å²) >= 11 is 0. The lowest BCUT2D eigenvalue weighted by atomic mass is 10.0.